The first kappa shape index (κ1) is 14.0. The van der Waals surface area contributed by atoms with Crippen molar-refractivity contribution in [2.75, 3.05) is 6.54 Å². The van der Waals surface area contributed by atoms with Crippen molar-refractivity contribution in [2.24, 2.45) is 11.7 Å². The fraction of sp³-hybridized carbons (Fsp3) is 0.533. The largest absolute Gasteiger partial charge is 0.350 e. The van der Waals surface area contributed by atoms with E-state index in [0.717, 1.165) is 11.1 Å². The standard InChI is InChI=1S/C15H20N4O2/c1-8(2)13-11-5-10(6-18-15(11)21-19-13)14(20)17-7-12(16)9-3-4-9/h5-6,8-9,12H,3-4,7,16H2,1-2H3,(H,17,20). The summed E-state index contributed by atoms with van der Waals surface area (Å²) < 4.78 is 5.17. The van der Waals surface area contributed by atoms with Crippen molar-refractivity contribution in [2.45, 2.75) is 38.6 Å². The van der Waals surface area contributed by atoms with Crippen molar-refractivity contribution in [1.29, 1.82) is 0 Å². The Kier molecular flexibility index (Phi) is 3.63. The minimum atomic E-state index is -0.156. The summed E-state index contributed by atoms with van der Waals surface area (Å²) in [6.07, 6.45) is 3.85. The van der Waals surface area contributed by atoms with E-state index >= 15 is 0 Å². The zero-order valence-corrected chi connectivity index (χ0v) is 12.3. The summed E-state index contributed by atoms with van der Waals surface area (Å²) in [6.45, 7) is 4.56. The summed E-state index contributed by atoms with van der Waals surface area (Å²) in [5.41, 5.74) is 7.78. The van der Waals surface area contributed by atoms with Crippen LogP contribution in [0.4, 0.5) is 0 Å². The SMILES string of the molecule is CC(C)c1noc2ncc(C(=O)NCC(N)C3CC3)cc12. The number of nitrogens with zero attached hydrogens (tertiary/aromatic N) is 2. The minimum Gasteiger partial charge on any atom is -0.350 e. The van der Waals surface area contributed by atoms with Crippen LogP contribution in [0, 0.1) is 5.92 Å². The number of pyridine rings is 1. The molecule has 0 saturated heterocycles. The Bertz CT molecular complexity index is 661. The number of hydrogen-bond donors (Lipinski definition) is 2. The smallest absolute Gasteiger partial charge is 0.257 e. The number of nitrogens with two attached hydrogens (primary N) is 1. The van der Waals surface area contributed by atoms with Crippen LogP contribution in [0.3, 0.4) is 0 Å². The maximum atomic E-state index is 12.2. The van der Waals surface area contributed by atoms with E-state index in [1.807, 2.05) is 13.8 Å². The monoisotopic (exact) mass is 288 g/mol. The molecule has 21 heavy (non-hydrogen) atoms. The molecule has 0 bridgehead atoms. The Hall–Kier alpha value is -1.95. The van der Waals surface area contributed by atoms with Gasteiger partial charge in [-0.25, -0.2) is 4.98 Å². The Morgan fingerprint density at radius 3 is 2.95 bits per heavy atom. The first-order valence-corrected chi connectivity index (χ1v) is 7.35. The number of carbonyl (C=O) groups is 1. The Morgan fingerprint density at radius 2 is 2.29 bits per heavy atom. The molecule has 1 saturated carbocycles. The molecule has 0 aromatic carbocycles. The molecule has 0 radical (unpaired) electrons. The Morgan fingerprint density at radius 1 is 1.52 bits per heavy atom. The molecule has 0 spiro atoms. The van der Waals surface area contributed by atoms with E-state index in [0.29, 0.717) is 23.7 Å². The second-order valence-corrected chi connectivity index (χ2v) is 6.01. The molecule has 1 atom stereocenters. The molecule has 1 unspecified atom stereocenters. The maximum absolute atomic E-state index is 12.2. The summed E-state index contributed by atoms with van der Waals surface area (Å²) in [6, 6.07) is 1.83. The molecule has 6 nitrogen and oxygen atoms in total. The first-order valence-electron chi connectivity index (χ1n) is 7.35. The molecule has 112 valence electrons. The number of nitrogens with one attached hydrogen (secondary N) is 1. The van der Waals surface area contributed by atoms with E-state index in [2.05, 4.69) is 15.5 Å². The third kappa shape index (κ3) is 2.90. The van der Waals surface area contributed by atoms with Gasteiger partial charge >= 0.3 is 0 Å². The lowest BCUT2D eigenvalue weighted by molar-refractivity contribution is 0.0950. The number of aromatic nitrogens is 2. The van der Waals surface area contributed by atoms with Gasteiger partial charge < -0.3 is 15.6 Å². The Balaban J connectivity index is 1.76. The molecule has 1 fully saturated rings. The lowest BCUT2D eigenvalue weighted by atomic mass is 10.1. The first-order chi connectivity index (χ1) is 10.1. The van der Waals surface area contributed by atoms with Crippen molar-refractivity contribution < 1.29 is 9.32 Å². The fourth-order valence-corrected chi connectivity index (χ4v) is 2.39. The van der Waals surface area contributed by atoms with Crippen LogP contribution in [-0.4, -0.2) is 28.6 Å². The molecule has 6 heteroatoms. The predicted molar refractivity (Wildman–Crippen MR) is 78.9 cm³/mol. The van der Waals surface area contributed by atoms with Crippen molar-refractivity contribution in [3.8, 4) is 0 Å². The summed E-state index contributed by atoms with van der Waals surface area (Å²) in [7, 11) is 0. The van der Waals surface area contributed by atoms with Gasteiger partial charge in [-0.15, -0.1) is 0 Å². The molecule has 1 amide bonds. The molecule has 2 heterocycles. The summed E-state index contributed by atoms with van der Waals surface area (Å²) in [5, 5.41) is 7.68. The van der Waals surface area contributed by atoms with Crippen LogP contribution in [0.25, 0.3) is 11.1 Å². The number of rotatable bonds is 5. The van der Waals surface area contributed by atoms with Gasteiger partial charge in [0.05, 0.1) is 16.6 Å². The second-order valence-electron chi connectivity index (χ2n) is 6.01. The maximum Gasteiger partial charge on any atom is 0.257 e. The van der Waals surface area contributed by atoms with Crippen molar-refractivity contribution in [3.05, 3.63) is 23.5 Å². The van der Waals surface area contributed by atoms with Crippen LogP contribution in [0.15, 0.2) is 16.8 Å². The number of amides is 1. The molecule has 2 aromatic heterocycles. The zero-order chi connectivity index (χ0) is 15.0. The molecule has 2 aromatic rings. The van der Waals surface area contributed by atoms with Crippen LogP contribution in [0.2, 0.25) is 0 Å². The molecule has 3 rings (SSSR count). The average Bonchev–Trinajstić information content (AvgIpc) is 3.23. The van der Waals surface area contributed by atoms with Gasteiger partial charge in [0.1, 0.15) is 0 Å². The van der Waals surface area contributed by atoms with Gasteiger partial charge in [-0.3, -0.25) is 4.79 Å². The van der Waals surface area contributed by atoms with E-state index in [9.17, 15) is 4.79 Å². The predicted octanol–water partition coefficient (Wildman–Crippen LogP) is 1.81. The lowest BCUT2D eigenvalue weighted by Gasteiger charge is -2.11. The average molecular weight is 288 g/mol. The summed E-state index contributed by atoms with van der Waals surface area (Å²) >= 11 is 0. The molecular formula is C15H20N4O2. The quantitative estimate of drug-likeness (QED) is 0.875. The highest BCUT2D eigenvalue weighted by Crippen LogP contribution is 2.31. The van der Waals surface area contributed by atoms with Crippen molar-refractivity contribution >= 4 is 17.0 Å². The lowest BCUT2D eigenvalue weighted by Crippen LogP contribution is -2.38. The van der Waals surface area contributed by atoms with Gasteiger partial charge in [-0.1, -0.05) is 19.0 Å². The van der Waals surface area contributed by atoms with E-state index in [-0.39, 0.29) is 17.9 Å². The number of fused-ring (bicyclic) bond motifs is 1. The molecule has 1 aliphatic rings. The van der Waals surface area contributed by atoms with Crippen LogP contribution >= 0.6 is 0 Å². The zero-order valence-electron chi connectivity index (χ0n) is 12.3. The third-order valence-electron chi connectivity index (χ3n) is 3.89. The fourth-order valence-electron chi connectivity index (χ4n) is 2.39. The van der Waals surface area contributed by atoms with Gasteiger partial charge in [0.15, 0.2) is 0 Å². The van der Waals surface area contributed by atoms with Gasteiger partial charge in [0.25, 0.3) is 11.6 Å². The van der Waals surface area contributed by atoms with Crippen LogP contribution in [0.5, 0.6) is 0 Å². The minimum absolute atomic E-state index is 0.0486. The van der Waals surface area contributed by atoms with Crippen LogP contribution in [0.1, 0.15) is 48.7 Å². The molecule has 1 aliphatic carbocycles. The Labute approximate surface area is 123 Å². The van der Waals surface area contributed by atoms with Gasteiger partial charge in [0.2, 0.25) is 0 Å². The van der Waals surface area contributed by atoms with Gasteiger partial charge in [-0.05, 0) is 30.7 Å². The van der Waals surface area contributed by atoms with Crippen LogP contribution < -0.4 is 11.1 Å². The second kappa shape index (κ2) is 5.44. The van der Waals surface area contributed by atoms with Crippen LogP contribution in [-0.2, 0) is 0 Å². The number of carbonyl (C=O) groups excluding carboxylic acids is 1. The van der Waals surface area contributed by atoms with E-state index in [1.54, 1.807) is 6.07 Å². The van der Waals surface area contributed by atoms with Gasteiger partial charge in [-0.2, -0.15) is 0 Å². The van der Waals surface area contributed by atoms with Crippen molar-refractivity contribution in [3.63, 3.8) is 0 Å². The molecule has 0 aliphatic heterocycles. The third-order valence-corrected chi connectivity index (χ3v) is 3.89. The van der Waals surface area contributed by atoms with Crippen molar-refractivity contribution in [1.82, 2.24) is 15.5 Å². The number of hydrogen-bond acceptors (Lipinski definition) is 5. The van der Waals surface area contributed by atoms with E-state index in [4.69, 9.17) is 10.3 Å². The molecule has 3 N–H and O–H groups in total. The normalized spacial score (nSPS) is 16.4. The van der Waals surface area contributed by atoms with Gasteiger partial charge in [0, 0.05) is 18.8 Å². The van der Waals surface area contributed by atoms with E-state index < -0.39 is 0 Å². The summed E-state index contributed by atoms with van der Waals surface area (Å²) in [5.74, 6) is 0.627. The van der Waals surface area contributed by atoms with E-state index in [1.165, 1.54) is 19.0 Å². The topological polar surface area (TPSA) is 94.0 Å². The highest BCUT2D eigenvalue weighted by molar-refractivity contribution is 5.97. The highest BCUT2D eigenvalue weighted by Gasteiger charge is 2.28. The summed E-state index contributed by atoms with van der Waals surface area (Å²) in [4.78, 5) is 16.3. The molecular weight excluding hydrogens is 268 g/mol. The highest BCUT2D eigenvalue weighted by atomic mass is 16.5.